The number of hydrogen-bond donors (Lipinski definition) is 2. The summed E-state index contributed by atoms with van der Waals surface area (Å²) in [7, 11) is 1.41. The van der Waals surface area contributed by atoms with Crippen LogP contribution in [0.15, 0.2) is 30.3 Å². The number of nitrogens with one attached hydrogen (secondary N) is 1. The topological polar surface area (TPSA) is 113 Å². The highest BCUT2D eigenvalue weighted by Crippen LogP contribution is 2.34. The molecule has 2 N–H and O–H groups in total. The molecule has 2 heterocycles. The molecule has 0 spiro atoms. The number of carbonyl (C=O) groups excluding carboxylic acids is 2. The van der Waals surface area contributed by atoms with Crippen molar-refractivity contribution in [3.63, 3.8) is 0 Å². The van der Waals surface area contributed by atoms with Crippen LogP contribution in [0.5, 0.6) is 0 Å². The van der Waals surface area contributed by atoms with Crippen LogP contribution in [0.2, 0.25) is 0 Å². The molecule has 1 aromatic rings. The lowest BCUT2D eigenvalue weighted by atomic mass is 9.95. The molecule has 34 heavy (non-hydrogen) atoms. The fraction of sp³-hybridized carbons (Fsp3) is 0.680. The SMILES string of the molecule is COC(=O)CCCCCCCCO[C@H]1O[C@@H]2COC(c3ccccc3)O[C@@H]2[C@H](O)[C@H]1NC(C)=O. The van der Waals surface area contributed by atoms with Crippen molar-refractivity contribution >= 4 is 11.9 Å². The smallest absolute Gasteiger partial charge is 0.305 e. The monoisotopic (exact) mass is 479 g/mol. The number of benzene rings is 1. The molecule has 2 aliphatic rings. The van der Waals surface area contributed by atoms with Crippen LogP contribution in [-0.2, 0) is 33.3 Å². The number of carbonyl (C=O) groups is 2. The Morgan fingerprint density at radius 2 is 1.76 bits per heavy atom. The average Bonchev–Trinajstić information content (AvgIpc) is 2.85. The summed E-state index contributed by atoms with van der Waals surface area (Å²) in [5, 5.41) is 13.8. The van der Waals surface area contributed by atoms with Gasteiger partial charge in [-0.05, 0) is 12.8 Å². The summed E-state index contributed by atoms with van der Waals surface area (Å²) in [6.45, 7) is 2.09. The van der Waals surface area contributed by atoms with E-state index in [1.165, 1.54) is 14.0 Å². The molecule has 0 saturated carbocycles. The molecule has 9 heteroatoms. The van der Waals surface area contributed by atoms with E-state index in [2.05, 4.69) is 10.1 Å². The van der Waals surface area contributed by atoms with Crippen molar-refractivity contribution in [2.24, 2.45) is 0 Å². The van der Waals surface area contributed by atoms with Crippen LogP contribution in [-0.4, -0.2) is 68.0 Å². The minimum atomic E-state index is -1.00. The molecule has 9 nitrogen and oxygen atoms in total. The molecule has 6 atom stereocenters. The number of methoxy groups -OCH3 is 1. The van der Waals surface area contributed by atoms with E-state index < -0.39 is 36.9 Å². The van der Waals surface area contributed by atoms with E-state index in [1.807, 2.05) is 30.3 Å². The van der Waals surface area contributed by atoms with Crippen molar-refractivity contribution < 1.29 is 38.4 Å². The molecule has 0 aromatic heterocycles. The molecule has 2 saturated heterocycles. The fourth-order valence-corrected chi connectivity index (χ4v) is 4.28. The Bertz CT molecular complexity index is 761. The van der Waals surface area contributed by atoms with Crippen LogP contribution in [0.25, 0.3) is 0 Å². The lowest BCUT2D eigenvalue weighted by molar-refractivity contribution is -0.344. The van der Waals surface area contributed by atoms with Gasteiger partial charge in [-0.25, -0.2) is 0 Å². The van der Waals surface area contributed by atoms with Gasteiger partial charge in [0.25, 0.3) is 0 Å². The molecule has 2 fully saturated rings. The first-order chi connectivity index (χ1) is 16.5. The van der Waals surface area contributed by atoms with E-state index >= 15 is 0 Å². The number of aliphatic hydroxyl groups excluding tert-OH is 1. The summed E-state index contributed by atoms with van der Waals surface area (Å²) in [6, 6.07) is 8.76. The number of hydrogen-bond acceptors (Lipinski definition) is 8. The number of esters is 1. The Hall–Kier alpha value is -2.04. The molecule has 1 amide bonds. The van der Waals surface area contributed by atoms with Gasteiger partial charge >= 0.3 is 5.97 Å². The number of unbranched alkanes of at least 4 members (excludes halogenated alkanes) is 5. The van der Waals surface area contributed by atoms with Gasteiger partial charge in [0, 0.05) is 25.5 Å². The second kappa shape index (κ2) is 13.7. The van der Waals surface area contributed by atoms with Crippen LogP contribution in [0.3, 0.4) is 0 Å². The summed E-state index contributed by atoms with van der Waals surface area (Å²) in [4.78, 5) is 22.9. The first-order valence-electron chi connectivity index (χ1n) is 12.1. The van der Waals surface area contributed by atoms with Crippen molar-refractivity contribution in [3.8, 4) is 0 Å². The van der Waals surface area contributed by atoms with Crippen LogP contribution >= 0.6 is 0 Å². The minimum Gasteiger partial charge on any atom is -0.469 e. The summed E-state index contributed by atoms with van der Waals surface area (Å²) in [6.07, 6.45) is 2.65. The van der Waals surface area contributed by atoms with Crippen molar-refractivity contribution in [2.45, 2.75) is 88.8 Å². The number of ether oxygens (including phenoxy) is 5. The fourth-order valence-electron chi connectivity index (χ4n) is 4.28. The van der Waals surface area contributed by atoms with Crippen molar-refractivity contribution in [1.29, 1.82) is 0 Å². The number of fused-ring (bicyclic) bond motifs is 1. The van der Waals surface area contributed by atoms with Crippen LogP contribution in [0.1, 0.15) is 63.7 Å². The third-order valence-corrected chi connectivity index (χ3v) is 6.09. The Morgan fingerprint density at radius 3 is 2.47 bits per heavy atom. The lowest BCUT2D eigenvalue weighted by Gasteiger charge is -2.47. The normalized spacial score (nSPS) is 28.7. The maximum absolute atomic E-state index is 11.8. The summed E-state index contributed by atoms with van der Waals surface area (Å²) in [5.74, 6) is -0.443. The second-order valence-electron chi connectivity index (χ2n) is 8.75. The maximum Gasteiger partial charge on any atom is 0.305 e. The highest BCUT2D eigenvalue weighted by molar-refractivity contribution is 5.73. The minimum absolute atomic E-state index is 0.164. The lowest BCUT2D eigenvalue weighted by Crippen LogP contribution is -2.66. The molecule has 190 valence electrons. The first kappa shape index (κ1) is 26.6. The first-order valence-corrected chi connectivity index (χ1v) is 12.1. The number of amides is 1. The predicted octanol–water partition coefficient (Wildman–Crippen LogP) is 2.61. The van der Waals surface area contributed by atoms with Gasteiger partial charge in [-0.15, -0.1) is 0 Å². The van der Waals surface area contributed by atoms with Crippen LogP contribution in [0, 0.1) is 0 Å². The highest BCUT2D eigenvalue weighted by Gasteiger charge is 2.50. The van der Waals surface area contributed by atoms with Crippen LogP contribution < -0.4 is 5.32 Å². The third kappa shape index (κ3) is 7.74. The standard InChI is InChI=1S/C25H37NO8/c1-17(27)26-21-22(29)23-19(16-32-24(34-23)18-12-8-7-9-13-18)33-25(21)31-15-11-6-4-3-5-10-14-20(28)30-2/h7-9,12-13,19,21-25,29H,3-6,10-11,14-16H2,1-2H3,(H,26,27)/t19-,21-,22-,23+,24?,25+/m1/s1. The quantitative estimate of drug-likeness (QED) is 0.348. The predicted molar refractivity (Wildman–Crippen MR) is 123 cm³/mol. The van der Waals surface area contributed by atoms with E-state index in [0.29, 0.717) is 13.0 Å². The molecular formula is C25H37NO8. The molecule has 0 radical (unpaired) electrons. The van der Waals surface area contributed by atoms with Gasteiger partial charge in [0.15, 0.2) is 12.6 Å². The van der Waals surface area contributed by atoms with Gasteiger partial charge < -0.3 is 34.1 Å². The zero-order chi connectivity index (χ0) is 24.3. The second-order valence-corrected chi connectivity index (χ2v) is 8.75. The van der Waals surface area contributed by atoms with E-state index in [4.69, 9.17) is 18.9 Å². The third-order valence-electron chi connectivity index (χ3n) is 6.09. The zero-order valence-electron chi connectivity index (χ0n) is 20.0. The van der Waals surface area contributed by atoms with E-state index in [0.717, 1.165) is 44.1 Å². The zero-order valence-corrected chi connectivity index (χ0v) is 20.0. The van der Waals surface area contributed by atoms with E-state index in [1.54, 1.807) is 0 Å². The van der Waals surface area contributed by atoms with Gasteiger partial charge in [-0.3, -0.25) is 9.59 Å². The van der Waals surface area contributed by atoms with Crippen LogP contribution in [0.4, 0.5) is 0 Å². The number of aliphatic hydroxyl groups is 1. The molecule has 1 aromatic carbocycles. The Balaban J connectivity index is 1.44. The van der Waals surface area contributed by atoms with Crippen molar-refractivity contribution in [2.75, 3.05) is 20.3 Å². The molecule has 0 bridgehead atoms. The van der Waals surface area contributed by atoms with Gasteiger partial charge in [-0.2, -0.15) is 0 Å². The van der Waals surface area contributed by atoms with Gasteiger partial charge in [0.2, 0.25) is 5.91 Å². The van der Waals surface area contributed by atoms with Gasteiger partial charge in [-0.1, -0.05) is 56.0 Å². The van der Waals surface area contributed by atoms with E-state index in [-0.39, 0.29) is 18.5 Å². The Labute approximate surface area is 201 Å². The summed E-state index contributed by atoms with van der Waals surface area (Å²) >= 11 is 0. The number of rotatable bonds is 12. The van der Waals surface area contributed by atoms with E-state index in [9.17, 15) is 14.7 Å². The molecule has 3 rings (SSSR count). The molecule has 0 aliphatic carbocycles. The highest BCUT2D eigenvalue weighted by atomic mass is 16.7. The van der Waals surface area contributed by atoms with Crippen molar-refractivity contribution in [3.05, 3.63) is 35.9 Å². The average molecular weight is 480 g/mol. The molecule has 1 unspecified atom stereocenters. The van der Waals surface area contributed by atoms with Gasteiger partial charge in [0.1, 0.15) is 24.4 Å². The Morgan fingerprint density at radius 1 is 1.06 bits per heavy atom. The Kier molecular flexibility index (Phi) is 10.7. The summed E-state index contributed by atoms with van der Waals surface area (Å²) < 4.78 is 28.5. The maximum atomic E-state index is 11.8. The molecule has 2 aliphatic heterocycles. The largest absolute Gasteiger partial charge is 0.469 e. The van der Waals surface area contributed by atoms with Gasteiger partial charge in [0.05, 0.1) is 13.7 Å². The summed E-state index contributed by atoms with van der Waals surface area (Å²) in [5.41, 5.74) is 0.855. The molecular weight excluding hydrogens is 442 g/mol. The van der Waals surface area contributed by atoms with Crippen molar-refractivity contribution in [1.82, 2.24) is 5.32 Å².